The van der Waals surface area contributed by atoms with Gasteiger partial charge in [0.05, 0.1) is 17.8 Å². The molecule has 0 saturated heterocycles. The van der Waals surface area contributed by atoms with Crippen LogP contribution in [0.4, 0.5) is 5.82 Å². The summed E-state index contributed by atoms with van der Waals surface area (Å²) in [7, 11) is 0. The van der Waals surface area contributed by atoms with E-state index in [4.69, 9.17) is 5.84 Å². The molecule has 2 aromatic heterocycles. The summed E-state index contributed by atoms with van der Waals surface area (Å²) in [6.07, 6.45) is 4.59. The second kappa shape index (κ2) is 6.21. The van der Waals surface area contributed by atoms with E-state index in [1.165, 1.54) is 6.33 Å². The first-order valence-electron chi connectivity index (χ1n) is 5.36. The van der Waals surface area contributed by atoms with E-state index in [1.807, 2.05) is 0 Å². The monoisotopic (exact) mass is 322 g/mol. The molecule has 0 radical (unpaired) electrons. The summed E-state index contributed by atoms with van der Waals surface area (Å²) in [5, 5.41) is 2.73. The largest absolute Gasteiger partial charge is 0.346 e. The van der Waals surface area contributed by atoms with Gasteiger partial charge in [0.1, 0.15) is 6.33 Å². The van der Waals surface area contributed by atoms with Crippen molar-refractivity contribution in [1.82, 2.24) is 20.3 Å². The molecule has 2 heterocycles. The lowest BCUT2D eigenvalue weighted by atomic mass is 10.2. The van der Waals surface area contributed by atoms with Crippen LogP contribution in [0.25, 0.3) is 0 Å². The second-order valence-corrected chi connectivity index (χ2v) is 4.49. The minimum absolute atomic E-state index is 0.291. The molecule has 0 bridgehead atoms. The fourth-order valence-corrected chi connectivity index (χ4v) is 1.75. The Bertz CT molecular complexity index is 577. The van der Waals surface area contributed by atoms with E-state index in [1.54, 1.807) is 24.5 Å². The van der Waals surface area contributed by atoms with E-state index in [0.29, 0.717) is 28.1 Å². The lowest BCUT2D eigenvalue weighted by molar-refractivity contribution is 0.0951. The van der Waals surface area contributed by atoms with Crippen molar-refractivity contribution >= 4 is 27.7 Å². The summed E-state index contributed by atoms with van der Waals surface area (Å²) in [6, 6.07) is 3.36. The molecule has 2 rings (SSSR count). The van der Waals surface area contributed by atoms with Crippen molar-refractivity contribution in [1.29, 1.82) is 0 Å². The van der Waals surface area contributed by atoms with E-state index < -0.39 is 0 Å². The molecule has 7 nitrogen and oxygen atoms in total. The van der Waals surface area contributed by atoms with Crippen LogP contribution in [0, 0.1) is 0 Å². The molecule has 0 aliphatic carbocycles. The minimum atomic E-state index is -0.291. The summed E-state index contributed by atoms with van der Waals surface area (Å²) in [5.74, 6) is 5.33. The van der Waals surface area contributed by atoms with E-state index in [9.17, 15) is 4.79 Å². The molecule has 0 unspecified atom stereocenters. The molecule has 0 aromatic carbocycles. The van der Waals surface area contributed by atoms with Crippen molar-refractivity contribution in [3.05, 3.63) is 46.6 Å². The predicted molar refractivity (Wildman–Crippen MR) is 72.9 cm³/mol. The highest BCUT2D eigenvalue weighted by atomic mass is 79.9. The summed E-state index contributed by atoms with van der Waals surface area (Å²) in [6.45, 7) is 0.303. The zero-order valence-corrected chi connectivity index (χ0v) is 11.4. The Hall–Kier alpha value is -2.06. The molecule has 0 aliphatic rings. The van der Waals surface area contributed by atoms with Gasteiger partial charge in [-0.25, -0.2) is 20.8 Å². The molecule has 0 aliphatic heterocycles. The van der Waals surface area contributed by atoms with E-state index in [0.717, 1.165) is 0 Å². The smallest absolute Gasteiger partial charge is 0.255 e. The van der Waals surface area contributed by atoms with Gasteiger partial charge >= 0.3 is 0 Å². The quantitative estimate of drug-likeness (QED) is 0.569. The van der Waals surface area contributed by atoms with Gasteiger partial charge in [-0.15, -0.1) is 0 Å². The Labute approximate surface area is 117 Å². The van der Waals surface area contributed by atoms with Crippen LogP contribution < -0.4 is 16.6 Å². The van der Waals surface area contributed by atoms with Gasteiger partial charge < -0.3 is 10.7 Å². The molecule has 0 spiro atoms. The molecule has 1 amide bonds. The lowest BCUT2D eigenvalue weighted by Crippen LogP contribution is -2.25. The lowest BCUT2D eigenvalue weighted by Gasteiger charge is -2.08. The van der Waals surface area contributed by atoms with Crippen molar-refractivity contribution in [2.75, 3.05) is 5.43 Å². The number of carbonyl (C=O) groups excluding carboxylic acids is 1. The van der Waals surface area contributed by atoms with Crippen LogP contribution in [0.5, 0.6) is 0 Å². The van der Waals surface area contributed by atoms with Crippen LogP contribution in [-0.4, -0.2) is 20.9 Å². The summed E-state index contributed by atoms with van der Waals surface area (Å²) >= 11 is 3.26. The van der Waals surface area contributed by atoms with E-state index in [-0.39, 0.29) is 5.91 Å². The number of nitrogen functional groups attached to an aromatic ring is 1. The number of hydrogen-bond acceptors (Lipinski definition) is 6. The van der Waals surface area contributed by atoms with Crippen LogP contribution in [0.15, 0.2) is 35.3 Å². The van der Waals surface area contributed by atoms with Gasteiger partial charge in [0.2, 0.25) is 0 Å². The molecule has 0 fully saturated rings. The average molecular weight is 323 g/mol. The first-order valence-corrected chi connectivity index (χ1v) is 6.15. The van der Waals surface area contributed by atoms with Gasteiger partial charge in [-0.1, -0.05) is 0 Å². The maximum absolute atomic E-state index is 12.0. The highest BCUT2D eigenvalue weighted by Gasteiger charge is 2.12. The van der Waals surface area contributed by atoms with Crippen molar-refractivity contribution in [2.24, 2.45) is 5.84 Å². The number of hydrazine groups is 1. The van der Waals surface area contributed by atoms with Gasteiger partial charge in [-0.05, 0) is 28.1 Å². The Kier molecular flexibility index (Phi) is 4.37. The third kappa shape index (κ3) is 3.46. The highest BCUT2D eigenvalue weighted by Crippen LogP contribution is 2.17. The SMILES string of the molecule is NNc1ncc(Br)cc1C(=O)NCc1ccncn1. The molecule has 98 valence electrons. The summed E-state index contributed by atoms with van der Waals surface area (Å²) in [5.41, 5.74) is 3.45. The van der Waals surface area contributed by atoms with Crippen molar-refractivity contribution in [3.63, 3.8) is 0 Å². The van der Waals surface area contributed by atoms with E-state index in [2.05, 4.69) is 41.6 Å². The number of halogens is 1. The zero-order valence-electron chi connectivity index (χ0n) is 9.80. The fraction of sp³-hybridized carbons (Fsp3) is 0.0909. The molecule has 0 saturated carbocycles. The maximum Gasteiger partial charge on any atom is 0.255 e. The van der Waals surface area contributed by atoms with Gasteiger partial charge in [0.25, 0.3) is 5.91 Å². The van der Waals surface area contributed by atoms with Crippen LogP contribution >= 0.6 is 15.9 Å². The molecule has 2 aromatic rings. The normalized spacial score (nSPS) is 10.0. The van der Waals surface area contributed by atoms with Gasteiger partial charge in [0.15, 0.2) is 5.82 Å². The molecule has 8 heteroatoms. The molecule has 0 atom stereocenters. The zero-order chi connectivity index (χ0) is 13.7. The van der Waals surface area contributed by atoms with Crippen molar-refractivity contribution in [3.8, 4) is 0 Å². The molecule has 4 N–H and O–H groups in total. The summed E-state index contributed by atoms with van der Waals surface area (Å²) in [4.78, 5) is 23.9. The average Bonchev–Trinajstić information content (AvgIpc) is 2.46. The van der Waals surface area contributed by atoms with Gasteiger partial charge in [-0.3, -0.25) is 4.79 Å². The number of hydrogen-bond donors (Lipinski definition) is 3. The van der Waals surface area contributed by atoms with Crippen LogP contribution in [-0.2, 0) is 6.54 Å². The fourth-order valence-electron chi connectivity index (χ4n) is 1.42. The number of anilines is 1. The minimum Gasteiger partial charge on any atom is -0.346 e. The van der Waals surface area contributed by atoms with E-state index >= 15 is 0 Å². The number of nitrogens with zero attached hydrogens (tertiary/aromatic N) is 3. The third-order valence-corrected chi connectivity index (χ3v) is 2.74. The Morgan fingerprint density at radius 1 is 1.42 bits per heavy atom. The predicted octanol–water partition coefficient (Wildman–Crippen LogP) is 0.850. The first kappa shape index (κ1) is 13.4. The maximum atomic E-state index is 12.0. The summed E-state index contributed by atoms with van der Waals surface area (Å²) < 4.78 is 0.693. The number of nitrogens with one attached hydrogen (secondary N) is 2. The van der Waals surface area contributed by atoms with Crippen LogP contribution in [0.1, 0.15) is 16.1 Å². The highest BCUT2D eigenvalue weighted by molar-refractivity contribution is 9.10. The molecular weight excluding hydrogens is 312 g/mol. The van der Waals surface area contributed by atoms with Crippen molar-refractivity contribution < 1.29 is 4.79 Å². The Morgan fingerprint density at radius 3 is 2.95 bits per heavy atom. The van der Waals surface area contributed by atoms with Crippen LogP contribution in [0.3, 0.4) is 0 Å². The number of pyridine rings is 1. The first-order chi connectivity index (χ1) is 9.20. The van der Waals surface area contributed by atoms with Gasteiger partial charge in [-0.2, -0.15) is 0 Å². The Morgan fingerprint density at radius 2 is 2.26 bits per heavy atom. The second-order valence-electron chi connectivity index (χ2n) is 3.58. The third-order valence-electron chi connectivity index (χ3n) is 2.31. The molecular formula is C11H11BrN6O. The number of nitrogens with two attached hydrogens (primary N) is 1. The van der Waals surface area contributed by atoms with Gasteiger partial charge in [0, 0.05) is 16.9 Å². The van der Waals surface area contributed by atoms with Crippen LogP contribution in [0.2, 0.25) is 0 Å². The number of amides is 1. The number of carbonyl (C=O) groups is 1. The topological polar surface area (TPSA) is 106 Å². The van der Waals surface area contributed by atoms with Crippen molar-refractivity contribution in [2.45, 2.75) is 6.54 Å². The standard InChI is InChI=1S/C11H11BrN6O/c12-7-3-9(10(18-13)15-4-7)11(19)16-5-8-1-2-14-6-17-8/h1-4,6H,5,13H2,(H,15,18)(H,16,19). The molecule has 19 heavy (non-hydrogen) atoms. The number of rotatable bonds is 4. The number of aromatic nitrogens is 3. The Balaban J connectivity index is 2.10.